The number of benzene rings is 2. The van der Waals surface area contributed by atoms with Crippen LogP contribution in [0.4, 0.5) is 5.69 Å². The third kappa shape index (κ3) is 4.76. The second-order valence-corrected chi connectivity index (χ2v) is 7.82. The van der Waals surface area contributed by atoms with Crippen molar-refractivity contribution in [1.82, 2.24) is 14.7 Å². The van der Waals surface area contributed by atoms with Crippen LogP contribution in [0, 0.1) is 12.8 Å². The van der Waals surface area contributed by atoms with Crippen LogP contribution < -0.4 is 5.32 Å². The molecule has 1 aliphatic heterocycles. The van der Waals surface area contributed by atoms with Crippen LogP contribution in [-0.2, 0) is 16.1 Å². The molecule has 0 unspecified atom stereocenters. The number of carbonyl (C=O) groups excluding carboxylic acids is 2. The van der Waals surface area contributed by atoms with E-state index >= 15 is 0 Å². The van der Waals surface area contributed by atoms with Gasteiger partial charge in [-0.1, -0.05) is 42.0 Å². The maximum absolute atomic E-state index is 12.9. The van der Waals surface area contributed by atoms with Crippen molar-refractivity contribution in [2.75, 3.05) is 18.4 Å². The molecule has 0 bridgehead atoms. The van der Waals surface area contributed by atoms with Gasteiger partial charge < -0.3 is 10.2 Å². The van der Waals surface area contributed by atoms with Crippen LogP contribution in [-0.4, -0.2) is 39.6 Å². The lowest BCUT2D eigenvalue weighted by molar-refractivity contribution is -0.135. The first-order valence-corrected chi connectivity index (χ1v) is 10.3. The predicted molar refractivity (Wildman–Crippen MR) is 117 cm³/mol. The zero-order valence-electron chi connectivity index (χ0n) is 17.1. The number of aryl methyl sites for hydroxylation is 1. The monoisotopic (exact) mass is 402 g/mol. The molecule has 1 N–H and O–H groups in total. The molecular weight excluding hydrogens is 376 g/mol. The second-order valence-electron chi connectivity index (χ2n) is 7.82. The van der Waals surface area contributed by atoms with Crippen LogP contribution in [0.1, 0.15) is 18.4 Å². The molecule has 3 aromatic rings. The Bertz CT molecular complexity index is 1030. The van der Waals surface area contributed by atoms with Crippen molar-refractivity contribution in [3.05, 3.63) is 72.6 Å². The smallest absolute Gasteiger partial charge is 0.244 e. The summed E-state index contributed by atoms with van der Waals surface area (Å²) in [7, 11) is 0. The molecule has 2 amide bonds. The van der Waals surface area contributed by atoms with Crippen LogP contribution in [0.25, 0.3) is 11.1 Å². The summed E-state index contributed by atoms with van der Waals surface area (Å²) in [5.74, 6) is -0.242. The van der Waals surface area contributed by atoms with Crippen molar-refractivity contribution >= 4 is 17.5 Å². The molecule has 4 rings (SSSR count). The molecule has 1 atom stereocenters. The lowest BCUT2D eigenvalue weighted by Crippen LogP contribution is -2.45. The van der Waals surface area contributed by atoms with Gasteiger partial charge in [-0.3, -0.25) is 14.3 Å². The van der Waals surface area contributed by atoms with Crippen LogP contribution in [0.3, 0.4) is 0 Å². The van der Waals surface area contributed by atoms with Gasteiger partial charge in [-0.2, -0.15) is 5.10 Å². The number of amides is 2. The van der Waals surface area contributed by atoms with Crippen molar-refractivity contribution in [2.24, 2.45) is 5.92 Å². The number of hydrogen-bond donors (Lipinski definition) is 1. The Kier molecular flexibility index (Phi) is 5.93. The zero-order chi connectivity index (χ0) is 20.9. The molecular formula is C24H26N4O2. The Morgan fingerprint density at radius 1 is 1.10 bits per heavy atom. The number of hydrogen-bond acceptors (Lipinski definition) is 3. The van der Waals surface area contributed by atoms with Crippen LogP contribution in [0.15, 0.2) is 67.0 Å². The molecule has 6 heteroatoms. The third-order valence-corrected chi connectivity index (χ3v) is 5.48. The minimum Gasteiger partial charge on any atom is -0.340 e. The number of piperidine rings is 1. The number of likely N-dealkylation sites (tertiary alicyclic amines) is 1. The lowest BCUT2D eigenvalue weighted by atomic mass is 9.96. The lowest BCUT2D eigenvalue weighted by Gasteiger charge is -2.32. The summed E-state index contributed by atoms with van der Waals surface area (Å²) < 4.78 is 1.61. The molecule has 0 saturated carbocycles. The van der Waals surface area contributed by atoms with E-state index in [0.29, 0.717) is 13.1 Å². The van der Waals surface area contributed by atoms with Crippen LogP contribution in [0.2, 0.25) is 0 Å². The van der Waals surface area contributed by atoms with Gasteiger partial charge in [0.2, 0.25) is 11.8 Å². The van der Waals surface area contributed by atoms with Crippen LogP contribution >= 0.6 is 0 Å². The Morgan fingerprint density at radius 2 is 1.90 bits per heavy atom. The quantitative estimate of drug-likeness (QED) is 0.707. The highest BCUT2D eigenvalue weighted by Gasteiger charge is 2.28. The Balaban J connectivity index is 1.40. The number of anilines is 1. The summed E-state index contributed by atoms with van der Waals surface area (Å²) in [6, 6.07) is 18.0. The maximum Gasteiger partial charge on any atom is 0.244 e. The molecule has 154 valence electrons. The van der Waals surface area contributed by atoms with Crippen LogP contribution in [0.5, 0.6) is 0 Å². The van der Waals surface area contributed by atoms with Gasteiger partial charge in [0.25, 0.3) is 0 Å². The number of nitrogens with one attached hydrogen (secondary N) is 1. The van der Waals surface area contributed by atoms with E-state index in [2.05, 4.69) is 35.5 Å². The Hall–Kier alpha value is -3.41. The normalized spacial score (nSPS) is 16.3. The topological polar surface area (TPSA) is 67.2 Å². The van der Waals surface area contributed by atoms with Crippen molar-refractivity contribution in [1.29, 1.82) is 0 Å². The number of carbonyl (C=O) groups is 2. The van der Waals surface area contributed by atoms with E-state index in [1.807, 2.05) is 30.3 Å². The molecule has 1 fully saturated rings. The van der Waals surface area contributed by atoms with E-state index in [9.17, 15) is 9.59 Å². The van der Waals surface area contributed by atoms with Gasteiger partial charge in [-0.25, -0.2) is 0 Å². The molecule has 2 aromatic carbocycles. The van der Waals surface area contributed by atoms with Crippen molar-refractivity contribution in [2.45, 2.75) is 26.3 Å². The van der Waals surface area contributed by atoms with Gasteiger partial charge in [0, 0.05) is 31.2 Å². The number of aromatic nitrogens is 2. The summed E-state index contributed by atoms with van der Waals surface area (Å²) >= 11 is 0. The molecule has 0 aliphatic carbocycles. The molecule has 0 spiro atoms. The average molecular weight is 402 g/mol. The molecule has 1 aromatic heterocycles. The largest absolute Gasteiger partial charge is 0.340 e. The highest BCUT2D eigenvalue weighted by Crippen LogP contribution is 2.25. The second kappa shape index (κ2) is 8.95. The SMILES string of the molecule is Cc1cccc(-c2cccc(NC(=O)[C@@H]3CCCN(C(=O)Cn4cccn4)C3)c2)c1. The first kappa shape index (κ1) is 19.9. The van der Waals surface area contributed by atoms with E-state index < -0.39 is 0 Å². The van der Waals surface area contributed by atoms with Gasteiger partial charge >= 0.3 is 0 Å². The summed E-state index contributed by atoms with van der Waals surface area (Å²) in [4.78, 5) is 27.2. The number of rotatable bonds is 5. The summed E-state index contributed by atoms with van der Waals surface area (Å²) in [6.45, 7) is 3.41. The summed E-state index contributed by atoms with van der Waals surface area (Å²) in [6.07, 6.45) is 5.04. The first-order chi connectivity index (χ1) is 14.6. The van der Waals surface area contributed by atoms with E-state index in [1.54, 1.807) is 28.0 Å². The minimum absolute atomic E-state index is 0.00218. The van der Waals surface area contributed by atoms with Crippen molar-refractivity contribution in [3.63, 3.8) is 0 Å². The number of nitrogens with zero attached hydrogens (tertiary/aromatic N) is 3. The fourth-order valence-corrected chi connectivity index (χ4v) is 3.90. The summed E-state index contributed by atoms with van der Waals surface area (Å²) in [5, 5.41) is 7.14. The van der Waals surface area contributed by atoms with Gasteiger partial charge in [0.15, 0.2) is 0 Å². The van der Waals surface area contributed by atoms with Gasteiger partial charge in [0.05, 0.1) is 5.92 Å². The predicted octanol–water partition coefficient (Wildman–Crippen LogP) is 3.74. The van der Waals surface area contributed by atoms with Crippen molar-refractivity contribution < 1.29 is 9.59 Å². The fraction of sp³-hybridized carbons (Fsp3) is 0.292. The fourth-order valence-electron chi connectivity index (χ4n) is 3.90. The Labute approximate surface area is 176 Å². The van der Waals surface area contributed by atoms with E-state index in [1.165, 1.54) is 5.56 Å². The molecule has 30 heavy (non-hydrogen) atoms. The molecule has 1 saturated heterocycles. The molecule has 0 radical (unpaired) electrons. The maximum atomic E-state index is 12.9. The third-order valence-electron chi connectivity index (χ3n) is 5.48. The van der Waals surface area contributed by atoms with E-state index in [4.69, 9.17) is 0 Å². The molecule has 1 aliphatic rings. The van der Waals surface area contributed by atoms with E-state index in [0.717, 1.165) is 29.7 Å². The zero-order valence-corrected chi connectivity index (χ0v) is 17.1. The highest BCUT2D eigenvalue weighted by atomic mass is 16.2. The minimum atomic E-state index is -0.206. The van der Waals surface area contributed by atoms with Gasteiger partial charge in [0.1, 0.15) is 6.54 Å². The van der Waals surface area contributed by atoms with Gasteiger partial charge in [-0.15, -0.1) is 0 Å². The molecule has 6 nitrogen and oxygen atoms in total. The van der Waals surface area contributed by atoms with Crippen molar-refractivity contribution in [3.8, 4) is 11.1 Å². The standard InChI is InChI=1S/C24H26N4O2/c1-18-6-2-7-19(14-18)20-8-3-10-22(15-20)26-24(30)21-9-4-12-27(16-21)23(29)17-28-13-5-11-25-28/h2-3,5-8,10-11,13-15,21H,4,9,12,16-17H2,1H3,(H,26,30)/t21-/m1/s1. The van der Waals surface area contributed by atoms with E-state index in [-0.39, 0.29) is 24.3 Å². The average Bonchev–Trinajstić information content (AvgIpc) is 3.27. The summed E-state index contributed by atoms with van der Waals surface area (Å²) in [5.41, 5.74) is 4.17. The Morgan fingerprint density at radius 3 is 2.67 bits per heavy atom. The first-order valence-electron chi connectivity index (χ1n) is 10.3. The molecule has 2 heterocycles. The van der Waals surface area contributed by atoms with Gasteiger partial charge in [-0.05, 0) is 49.1 Å². The highest BCUT2D eigenvalue weighted by molar-refractivity contribution is 5.93.